The number of hydrogen-bond donors (Lipinski definition) is 2. The van der Waals surface area contributed by atoms with E-state index in [1.807, 2.05) is 24.3 Å². The van der Waals surface area contributed by atoms with Crippen molar-refractivity contribution in [3.8, 4) is 17.2 Å². The van der Waals surface area contributed by atoms with Crippen LogP contribution in [0.5, 0.6) is 17.2 Å². The maximum Gasteiger partial charge on any atom is 0.214 e. The van der Waals surface area contributed by atoms with Gasteiger partial charge in [0, 0.05) is 10.8 Å². The van der Waals surface area contributed by atoms with Gasteiger partial charge in [-0.05, 0) is 0 Å². The van der Waals surface area contributed by atoms with Gasteiger partial charge in [-0.1, -0.05) is 24.3 Å². The first-order valence-electron chi connectivity index (χ1n) is 4.00. The summed E-state index contributed by atoms with van der Waals surface area (Å²) in [5.74, 6) is 1.34. The molecule has 3 N–H and O–H groups in total. The molecular formula is C10H7NO2. The Kier molecular flexibility index (Phi) is 0.953. The predicted octanol–water partition coefficient (Wildman–Crippen LogP) is 2.23. The highest BCUT2D eigenvalue weighted by Crippen LogP contribution is 2.59. The number of anilines is 1. The molecule has 13 heavy (non-hydrogen) atoms. The van der Waals surface area contributed by atoms with E-state index in [1.54, 1.807) is 0 Å². The molecule has 0 radical (unpaired) electrons. The van der Waals surface area contributed by atoms with Crippen molar-refractivity contribution in [2.75, 3.05) is 5.73 Å². The van der Waals surface area contributed by atoms with Crippen LogP contribution in [0.3, 0.4) is 0 Å². The Morgan fingerprint density at radius 3 is 2.54 bits per heavy atom. The van der Waals surface area contributed by atoms with Crippen LogP contribution in [0.25, 0.3) is 10.8 Å². The monoisotopic (exact) mass is 173 g/mol. The highest BCUT2D eigenvalue weighted by atomic mass is 16.6. The largest absolute Gasteiger partial charge is 0.504 e. The summed E-state index contributed by atoms with van der Waals surface area (Å²) < 4.78 is 5.07. The minimum absolute atomic E-state index is 0.194. The molecule has 0 saturated carbocycles. The quantitative estimate of drug-likeness (QED) is 0.311. The van der Waals surface area contributed by atoms with Crippen molar-refractivity contribution >= 4 is 16.5 Å². The first-order chi connectivity index (χ1) is 6.29. The fourth-order valence-electron chi connectivity index (χ4n) is 1.58. The summed E-state index contributed by atoms with van der Waals surface area (Å²) in [5.41, 5.74) is 6.42. The molecule has 64 valence electrons. The SMILES string of the molecule is Nc1c2c(c(O)c3ccccc13)O2. The third kappa shape index (κ3) is 0.685. The van der Waals surface area contributed by atoms with Gasteiger partial charge < -0.3 is 15.6 Å². The van der Waals surface area contributed by atoms with Crippen LogP contribution < -0.4 is 10.5 Å². The zero-order valence-corrected chi connectivity index (χ0v) is 6.74. The number of aromatic hydroxyl groups is 1. The number of phenols is 1. The second-order valence-electron chi connectivity index (χ2n) is 3.07. The lowest BCUT2D eigenvalue weighted by Crippen LogP contribution is -1.83. The fourth-order valence-corrected chi connectivity index (χ4v) is 1.58. The van der Waals surface area contributed by atoms with Crippen molar-refractivity contribution in [3.63, 3.8) is 0 Å². The van der Waals surface area contributed by atoms with E-state index in [-0.39, 0.29) is 5.75 Å². The van der Waals surface area contributed by atoms with Crippen molar-refractivity contribution in [1.82, 2.24) is 0 Å². The van der Waals surface area contributed by atoms with Crippen LogP contribution in [-0.2, 0) is 0 Å². The molecule has 0 aliphatic carbocycles. The average molecular weight is 173 g/mol. The van der Waals surface area contributed by atoms with E-state index in [1.165, 1.54) is 0 Å². The Hall–Kier alpha value is -1.90. The molecule has 0 aromatic heterocycles. The predicted molar refractivity (Wildman–Crippen MR) is 50.1 cm³/mol. The highest BCUT2D eigenvalue weighted by Gasteiger charge is 2.31. The molecule has 0 atom stereocenters. The van der Waals surface area contributed by atoms with Gasteiger partial charge in [0.2, 0.25) is 5.75 Å². The summed E-state index contributed by atoms with van der Waals surface area (Å²) in [7, 11) is 0. The van der Waals surface area contributed by atoms with Crippen LogP contribution in [0, 0.1) is 0 Å². The topological polar surface area (TPSA) is 58.8 Å². The first-order valence-corrected chi connectivity index (χ1v) is 4.00. The van der Waals surface area contributed by atoms with Crippen molar-refractivity contribution in [3.05, 3.63) is 24.3 Å². The number of fused-ring (bicyclic) bond motifs is 2. The van der Waals surface area contributed by atoms with E-state index in [4.69, 9.17) is 10.5 Å². The van der Waals surface area contributed by atoms with Gasteiger partial charge >= 0.3 is 0 Å². The number of nitrogens with two attached hydrogens (primary N) is 1. The van der Waals surface area contributed by atoms with Crippen LogP contribution in [-0.4, -0.2) is 5.11 Å². The van der Waals surface area contributed by atoms with Gasteiger partial charge in [-0.3, -0.25) is 0 Å². The molecule has 1 aliphatic rings. The van der Waals surface area contributed by atoms with Crippen molar-refractivity contribution < 1.29 is 9.84 Å². The van der Waals surface area contributed by atoms with Gasteiger partial charge in [-0.15, -0.1) is 0 Å². The number of benzene rings is 2. The average Bonchev–Trinajstić information content (AvgIpc) is 2.94. The van der Waals surface area contributed by atoms with Gasteiger partial charge in [0.1, 0.15) is 0 Å². The van der Waals surface area contributed by atoms with Crippen molar-refractivity contribution in [2.24, 2.45) is 0 Å². The Balaban J connectivity index is 2.58. The third-order valence-electron chi connectivity index (χ3n) is 2.30. The van der Waals surface area contributed by atoms with E-state index in [9.17, 15) is 5.11 Å². The third-order valence-corrected chi connectivity index (χ3v) is 2.30. The van der Waals surface area contributed by atoms with Gasteiger partial charge in [-0.2, -0.15) is 0 Å². The Bertz CT molecular complexity index is 473. The lowest BCUT2D eigenvalue weighted by atomic mass is 10.1. The molecule has 0 spiro atoms. The van der Waals surface area contributed by atoms with Crippen molar-refractivity contribution in [1.29, 1.82) is 0 Å². The second-order valence-corrected chi connectivity index (χ2v) is 3.07. The number of rotatable bonds is 0. The van der Waals surface area contributed by atoms with Crippen LogP contribution >= 0.6 is 0 Å². The zero-order valence-electron chi connectivity index (χ0n) is 6.74. The van der Waals surface area contributed by atoms with Crippen LogP contribution in [0.1, 0.15) is 0 Å². The van der Waals surface area contributed by atoms with Gasteiger partial charge in [0.15, 0.2) is 11.5 Å². The number of ether oxygens (including phenoxy) is 1. The zero-order chi connectivity index (χ0) is 9.00. The molecule has 0 amide bonds. The molecule has 2 aromatic rings. The maximum atomic E-state index is 9.65. The lowest BCUT2D eigenvalue weighted by Gasteiger charge is -1.98. The van der Waals surface area contributed by atoms with Gasteiger partial charge in [0.25, 0.3) is 0 Å². The number of nitrogen functional groups attached to an aromatic ring is 1. The molecule has 0 unspecified atom stereocenters. The minimum Gasteiger partial charge on any atom is -0.504 e. The standard InChI is InChI=1S/C10H7NO2/c11-7-5-3-1-2-4-6(5)8(12)10-9(7)13-10/h1-4,12H,11H2. The fraction of sp³-hybridized carbons (Fsp3) is 0. The van der Waals surface area contributed by atoms with E-state index in [0.29, 0.717) is 17.2 Å². The summed E-state index contributed by atoms with van der Waals surface area (Å²) in [6.07, 6.45) is 0. The summed E-state index contributed by atoms with van der Waals surface area (Å²) in [6, 6.07) is 7.43. The molecule has 0 saturated heterocycles. The molecule has 3 rings (SSSR count). The molecular weight excluding hydrogens is 166 g/mol. The molecule has 1 aliphatic heterocycles. The second kappa shape index (κ2) is 1.88. The number of hydrogen-bond acceptors (Lipinski definition) is 3. The molecule has 3 heteroatoms. The van der Waals surface area contributed by atoms with Crippen LogP contribution in [0.2, 0.25) is 0 Å². The summed E-state index contributed by atoms with van der Waals surface area (Å²) >= 11 is 0. The molecule has 2 aromatic carbocycles. The summed E-state index contributed by atoms with van der Waals surface area (Å²) in [5, 5.41) is 11.2. The Morgan fingerprint density at radius 2 is 1.77 bits per heavy atom. The van der Waals surface area contributed by atoms with E-state index in [0.717, 1.165) is 10.8 Å². The normalized spacial score (nSPS) is 12.3. The number of phenolic OH excluding ortho intramolecular Hbond substituents is 1. The smallest absolute Gasteiger partial charge is 0.214 e. The van der Waals surface area contributed by atoms with E-state index < -0.39 is 0 Å². The maximum absolute atomic E-state index is 9.65. The van der Waals surface area contributed by atoms with E-state index in [2.05, 4.69) is 0 Å². The van der Waals surface area contributed by atoms with Crippen molar-refractivity contribution in [2.45, 2.75) is 0 Å². The molecule has 1 heterocycles. The molecule has 3 nitrogen and oxygen atoms in total. The van der Waals surface area contributed by atoms with Gasteiger partial charge in [0.05, 0.1) is 5.69 Å². The summed E-state index contributed by atoms with van der Waals surface area (Å²) in [4.78, 5) is 0. The molecule has 0 fully saturated rings. The van der Waals surface area contributed by atoms with Gasteiger partial charge in [-0.25, -0.2) is 0 Å². The summed E-state index contributed by atoms with van der Waals surface area (Å²) in [6.45, 7) is 0. The highest BCUT2D eigenvalue weighted by molar-refractivity contribution is 6.05. The minimum atomic E-state index is 0.194. The van der Waals surface area contributed by atoms with Crippen LogP contribution in [0.4, 0.5) is 5.69 Å². The Labute approximate surface area is 74.4 Å². The lowest BCUT2D eigenvalue weighted by molar-refractivity contribution is 0.469. The first kappa shape index (κ1) is 6.60. The van der Waals surface area contributed by atoms with Crippen LogP contribution in [0.15, 0.2) is 24.3 Å². The van der Waals surface area contributed by atoms with E-state index >= 15 is 0 Å². The molecule has 0 bridgehead atoms. The Morgan fingerprint density at radius 1 is 1.08 bits per heavy atom.